The van der Waals surface area contributed by atoms with Crippen molar-refractivity contribution in [3.63, 3.8) is 0 Å². The molecule has 106 valence electrons. The van der Waals surface area contributed by atoms with Crippen molar-refractivity contribution in [1.82, 2.24) is 4.90 Å². The first-order chi connectivity index (χ1) is 8.95. The molecule has 3 N–H and O–H groups in total. The number of hydrogen-bond donors (Lipinski definition) is 2. The van der Waals surface area contributed by atoms with Gasteiger partial charge in [0.05, 0.1) is 0 Å². The smallest absolute Gasteiger partial charge is 0.107 e. The summed E-state index contributed by atoms with van der Waals surface area (Å²) in [6, 6.07) is 6.51. The molecule has 0 aliphatic carbocycles. The van der Waals surface area contributed by atoms with Crippen LogP contribution in [0.2, 0.25) is 0 Å². The summed E-state index contributed by atoms with van der Waals surface area (Å²) in [7, 11) is 4.17. The lowest BCUT2D eigenvalue weighted by molar-refractivity contribution is 0.390. The molecule has 1 rings (SSSR count). The van der Waals surface area contributed by atoms with Gasteiger partial charge >= 0.3 is 0 Å². The van der Waals surface area contributed by atoms with Crippen LogP contribution in [0.15, 0.2) is 23.1 Å². The Bertz CT molecular complexity index is 433. The van der Waals surface area contributed by atoms with Crippen molar-refractivity contribution in [2.75, 3.05) is 32.2 Å². The van der Waals surface area contributed by atoms with Gasteiger partial charge in [0.15, 0.2) is 0 Å². The van der Waals surface area contributed by atoms with E-state index in [9.17, 15) is 0 Å². The van der Waals surface area contributed by atoms with Gasteiger partial charge in [-0.1, -0.05) is 18.3 Å². The van der Waals surface area contributed by atoms with Crippen LogP contribution in [-0.4, -0.2) is 42.8 Å². The third kappa shape index (κ3) is 5.01. The third-order valence-electron chi connectivity index (χ3n) is 2.90. The number of rotatable bonds is 7. The number of anilines is 1. The lowest BCUT2D eigenvalue weighted by atomic mass is 10.1. The topological polar surface area (TPSA) is 41.3 Å². The van der Waals surface area contributed by atoms with Crippen molar-refractivity contribution in [1.29, 1.82) is 0 Å². The summed E-state index contributed by atoms with van der Waals surface area (Å²) < 4.78 is 0. The predicted molar refractivity (Wildman–Crippen MR) is 90.4 cm³/mol. The molecule has 1 aromatic carbocycles. The molecule has 5 heteroatoms. The zero-order valence-electron chi connectivity index (χ0n) is 12.1. The van der Waals surface area contributed by atoms with E-state index in [-0.39, 0.29) is 0 Å². The SMILES string of the molecule is CSc1cccc(NC(C)CCN(C)C)c1C(N)=S. The molecule has 19 heavy (non-hydrogen) atoms. The van der Waals surface area contributed by atoms with Crippen molar-refractivity contribution in [2.45, 2.75) is 24.3 Å². The summed E-state index contributed by atoms with van der Waals surface area (Å²) in [4.78, 5) is 3.76. The van der Waals surface area contributed by atoms with Gasteiger partial charge in [-0.25, -0.2) is 0 Å². The average molecular weight is 297 g/mol. The highest BCUT2D eigenvalue weighted by Gasteiger charge is 2.12. The molecule has 1 unspecified atom stereocenters. The minimum absolute atomic E-state index is 0.382. The molecular weight excluding hydrogens is 274 g/mol. The largest absolute Gasteiger partial charge is 0.389 e. The quantitative estimate of drug-likeness (QED) is 0.598. The maximum atomic E-state index is 5.86. The fourth-order valence-corrected chi connectivity index (χ4v) is 2.79. The van der Waals surface area contributed by atoms with E-state index in [0.29, 0.717) is 11.0 Å². The van der Waals surface area contributed by atoms with E-state index in [1.54, 1.807) is 11.8 Å². The molecule has 0 aliphatic rings. The van der Waals surface area contributed by atoms with Gasteiger partial charge in [-0.3, -0.25) is 0 Å². The number of nitrogens with one attached hydrogen (secondary N) is 1. The molecule has 1 atom stereocenters. The van der Waals surface area contributed by atoms with Gasteiger partial charge in [0.25, 0.3) is 0 Å². The number of thiocarbonyl (C=S) groups is 1. The fraction of sp³-hybridized carbons (Fsp3) is 0.500. The first-order valence-corrected chi connectivity index (χ1v) is 7.97. The van der Waals surface area contributed by atoms with Crippen molar-refractivity contribution in [3.8, 4) is 0 Å². The van der Waals surface area contributed by atoms with Gasteiger partial charge in [-0.2, -0.15) is 0 Å². The van der Waals surface area contributed by atoms with Crippen LogP contribution in [0.25, 0.3) is 0 Å². The first kappa shape index (κ1) is 16.3. The van der Waals surface area contributed by atoms with Gasteiger partial charge in [0.2, 0.25) is 0 Å². The van der Waals surface area contributed by atoms with Gasteiger partial charge in [-0.05, 0) is 52.4 Å². The lowest BCUT2D eigenvalue weighted by Gasteiger charge is -2.20. The molecular formula is C14H23N3S2. The van der Waals surface area contributed by atoms with Gasteiger partial charge in [0, 0.05) is 22.2 Å². The highest BCUT2D eigenvalue weighted by molar-refractivity contribution is 7.98. The van der Waals surface area contributed by atoms with Gasteiger partial charge in [-0.15, -0.1) is 11.8 Å². The van der Waals surface area contributed by atoms with Crippen molar-refractivity contribution in [2.24, 2.45) is 5.73 Å². The Balaban J connectivity index is 2.85. The van der Waals surface area contributed by atoms with E-state index < -0.39 is 0 Å². The minimum Gasteiger partial charge on any atom is -0.389 e. The van der Waals surface area contributed by atoms with Crippen LogP contribution in [0.1, 0.15) is 18.9 Å². The Kier molecular flexibility index (Phi) is 6.62. The summed E-state index contributed by atoms with van der Waals surface area (Å²) in [5, 5.41) is 3.51. The van der Waals surface area contributed by atoms with Gasteiger partial charge in [0.1, 0.15) is 4.99 Å². The van der Waals surface area contributed by atoms with Crippen LogP contribution in [0.4, 0.5) is 5.69 Å². The summed E-state index contributed by atoms with van der Waals surface area (Å²) in [6.07, 6.45) is 3.11. The van der Waals surface area contributed by atoms with E-state index in [2.05, 4.69) is 37.3 Å². The third-order valence-corrected chi connectivity index (χ3v) is 3.89. The molecule has 0 fully saturated rings. The monoisotopic (exact) mass is 297 g/mol. The normalized spacial score (nSPS) is 12.5. The second-order valence-electron chi connectivity index (χ2n) is 4.88. The molecule has 0 amide bonds. The first-order valence-electron chi connectivity index (χ1n) is 6.33. The van der Waals surface area contributed by atoms with Crippen molar-refractivity contribution >= 4 is 34.7 Å². The zero-order chi connectivity index (χ0) is 14.4. The molecule has 0 heterocycles. The van der Waals surface area contributed by atoms with Crippen LogP contribution in [0, 0.1) is 0 Å². The second kappa shape index (κ2) is 7.72. The summed E-state index contributed by atoms with van der Waals surface area (Å²) >= 11 is 6.85. The standard InChI is InChI=1S/C14H23N3S2/c1-10(8-9-17(2)3)16-11-6-5-7-12(19-4)13(11)14(15)18/h5-7,10,16H,8-9H2,1-4H3,(H2,15,18). The minimum atomic E-state index is 0.382. The lowest BCUT2D eigenvalue weighted by Crippen LogP contribution is -2.24. The molecule has 0 saturated heterocycles. The number of thioether (sulfide) groups is 1. The second-order valence-corrected chi connectivity index (χ2v) is 6.17. The van der Waals surface area contributed by atoms with E-state index >= 15 is 0 Å². The molecule has 0 aromatic heterocycles. The maximum Gasteiger partial charge on any atom is 0.107 e. The van der Waals surface area contributed by atoms with Crippen LogP contribution >= 0.6 is 24.0 Å². The molecule has 1 aromatic rings. The highest BCUT2D eigenvalue weighted by Crippen LogP contribution is 2.27. The predicted octanol–water partition coefficient (Wildman–Crippen LogP) is 2.79. The Morgan fingerprint density at radius 2 is 2.16 bits per heavy atom. The summed E-state index contributed by atoms with van der Waals surface area (Å²) in [6.45, 7) is 3.23. The maximum absolute atomic E-state index is 5.86. The van der Waals surface area contributed by atoms with Crippen LogP contribution < -0.4 is 11.1 Å². The Labute approximate surface area is 125 Å². The van der Waals surface area contributed by atoms with Crippen LogP contribution in [0.3, 0.4) is 0 Å². The summed E-state index contributed by atoms with van der Waals surface area (Å²) in [5.41, 5.74) is 7.85. The number of hydrogen-bond acceptors (Lipinski definition) is 4. The molecule has 3 nitrogen and oxygen atoms in total. The molecule has 0 aliphatic heterocycles. The van der Waals surface area contributed by atoms with E-state index in [1.165, 1.54) is 0 Å². The van der Waals surface area contributed by atoms with E-state index in [1.807, 2.05) is 18.4 Å². The molecule has 0 radical (unpaired) electrons. The fourth-order valence-electron chi connectivity index (χ4n) is 1.87. The molecule has 0 spiro atoms. The summed E-state index contributed by atoms with van der Waals surface area (Å²) in [5.74, 6) is 0. The Morgan fingerprint density at radius 3 is 2.68 bits per heavy atom. The Morgan fingerprint density at radius 1 is 1.47 bits per heavy atom. The highest BCUT2D eigenvalue weighted by atomic mass is 32.2. The Hall–Kier alpha value is -0.780. The van der Waals surface area contributed by atoms with Crippen LogP contribution in [-0.2, 0) is 0 Å². The molecule has 0 saturated carbocycles. The zero-order valence-corrected chi connectivity index (χ0v) is 13.7. The van der Waals surface area contributed by atoms with Crippen molar-refractivity contribution in [3.05, 3.63) is 23.8 Å². The van der Waals surface area contributed by atoms with E-state index in [4.69, 9.17) is 18.0 Å². The van der Waals surface area contributed by atoms with Gasteiger partial charge < -0.3 is 16.0 Å². The van der Waals surface area contributed by atoms with Crippen molar-refractivity contribution < 1.29 is 0 Å². The number of nitrogens with zero attached hydrogens (tertiary/aromatic N) is 1. The van der Waals surface area contributed by atoms with E-state index in [0.717, 1.165) is 29.1 Å². The average Bonchev–Trinajstić information content (AvgIpc) is 2.35. The molecule has 0 bridgehead atoms. The van der Waals surface area contributed by atoms with Crippen LogP contribution in [0.5, 0.6) is 0 Å². The number of benzene rings is 1. The number of nitrogens with two attached hydrogens (primary N) is 1.